The molecule has 1 aliphatic rings. The Morgan fingerprint density at radius 1 is 1.56 bits per heavy atom. The van der Waals surface area contributed by atoms with Crippen molar-refractivity contribution in [1.82, 2.24) is 4.90 Å². The second-order valence-electron chi connectivity index (χ2n) is 4.35. The average Bonchev–Trinajstić information content (AvgIpc) is 2.73. The molecule has 1 aromatic heterocycles. The molecule has 16 heavy (non-hydrogen) atoms. The van der Waals surface area contributed by atoms with Crippen LogP contribution in [0.25, 0.3) is 0 Å². The molecular weight excluding hydrogens is 244 g/mol. The van der Waals surface area contributed by atoms with E-state index >= 15 is 0 Å². The van der Waals surface area contributed by atoms with E-state index in [1.807, 2.05) is 17.3 Å². The van der Waals surface area contributed by atoms with Gasteiger partial charge in [0.25, 0.3) is 0 Å². The van der Waals surface area contributed by atoms with Crippen LogP contribution in [0.3, 0.4) is 0 Å². The average molecular weight is 260 g/mol. The predicted octanol–water partition coefficient (Wildman–Crippen LogP) is 0.304. The van der Waals surface area contributed by atoms with Crippen molar-refractivity contribution in [3.63, 3.8) is 0 Å². The lowest BCUT2D eigenvalue weighted by molar-refractivity contribution is 0.236. The Bertz CT molecular complexity index is 441. The normalized spacial score (nSPS) is 28.7. The molecule has 0 saturated carbocycles. The maximum absolute atomic E-state index is 11.5. The van der Waals surface area contributed by atoms with E-state index in [9.17, 15) is 8.42 Å². The van der Waals surface area contributed by atoms with Crippen LogP contribution in [0, 0.1) is 0 Å². The molecule has 6 heteroatoms. The minimum absolute atomic E-state index is 0.0510. The van der Waals surface area contributed by atoms with Crippen LogP contribution in [-0.4, -0.2) is 44.0 Å². The van der Waals surface area contributed by atoms with Crippen molar-refractivity contribution in [1.29, 1.82) is 0 Å². The van der Waals surface area contributed by atoms with Crippen molar-refractivity contribution in [2.24, 2.45) is 5.73 Å². The summed E-state index contributed by atoms with van der Waals surface area (Å²) in [6.45, 7) is 0.761. The van der Waals surface area contributed by atoms with E-state index in [1.54, 1.807) is 11.3 Å². The van der Waals surface area contributed by atoms with Gasteiger partial charge in [-0.25, -0.2) is 8.42 Å². The highest BCUT2D eigenvalue weighted by atomic mass is 32.2. The molecule has 1 saturated heterocycles. The van der Waals surface area contributed by atoms with Gasteiger partial charge in [0.1, 0.15) is 0 Å². The minimum atomic E-state index is -2.93. The van der Waals surface area contributed by atoms with Crippen molar-refractivity contribution < 1.29 is 8.42 Å². The first-order valence-electron chi connectivity index (χ1n) is 5.15. The van der Waals surface area contributed by atoms with Crippen molar-refractivity contribution in [2.45, 2.75) is 18.6 Å². The fourth-order valence-corrected chi connectivity index (χ4v) is 4.72. The van der Waals surface area contributed by atoms with Crippen LogP contribution in [0.4, 0.5) is 0 Å². The molecule has 0 amide bonds. The number of likely N-dealkylation sites (N-methyl/N-ethyl adjacent to an activating group) is 1. The second-order valence-corrected chi connectivity index (χ2v) is 7.29. The molecule has 90 valence electrons. The second kappa shape index (κ2) is 4.44. The largest absolute Gasteiger partial charge is 0.325 e. The van der Waals surface area contributed by atoms with E-state index in [2.05, 4.69) is 11.4 Å². The number of hydrogen-bond donors (Lipinski definition) is 1. The van der Waals surface area contributed by atoms with Crippen molar-refractivity contribution in [3.8, 4) is 0 Å². The molecular formula is C10H16N2O2S2. The highest BCUT2D eigenvalue weighted by molar-refractivity contribution is 7.91. The molecule has 2 heterocycles. The molecule has 2 rings (SSSR count). The topological polar surface area (TPSA) is 63.4 Å². The molecule has 2 unspecified atom stereocenters. The van der Waals surface area contributed by atoms with Gasteiger partial charge in [-0.2, -0.15) is 11.3 Å². The summed E-state index contributed by atoms with van der Waals surface area (Å²) in [4.78, 5) is 2.04. The highest BCUT2D eigenvalue weighted by Gasteiger charge is 2.37. The summed E-state index contributed by atoms with van der Waals surface area (Å²) in [5.74, 6) is 0.306. The van der Waals surface area contributed by atoms with Crippen molar-refractivity contribution >= 4 is 21.2 Å². The first-order valence-corrected chi connectivity index (χ1v) is 7.92. The summed E-state index contributed by atoms with van der Waals surface area (Å²) in [5, 5.41) is 4.10. The molecule has 0 bridgehead atoms. The standard InChI is InChI=1S/C10H16N2O2S2/c1-12(4-8-2-3-15-5-8)10-7-16(13,14)6-9(10)11/h2-3,5,9-10H,4,6-7,11H2,1H3. The van der Waals surface area contributed by atoms with Gasteiger partial charge in [-0.15, -0.1) is 0 Å². The molecule has 1 aromatic rings. The van der Waals surface area contributed by atoms with E-state index in [-0.39, 0.29) is 23.6 Å². The molecule has 0 spiro atoms. The first kappa shape index (κ1) is 12.0. The maximum atomic E-state index is 11.5. The van der Waals surface area contributed by atoms with Crippen molar-refractivity contribution in [2.75, 3.05) is 18.6 Å². The zero-order valence-electron chi connectivity index (χ0n) is 9.17. The lowest BCUT2D eigenvalue weighted by Crippen LogP contribution is -2.44. The van der Waals surface area contributed by atoms with Gasteiger partial charge in [-0.1, -0.05) is 0 Å². The SMILES string of the molecule is CN(Cc1ccsc1)C1CS(=O)(=O)CC1N. The Morgan fingerprint density at radius 3 is 2.81 bits per heavy atom. The molecule has 0 aliphatic carbocycles. The smallest absolute Gasteiger partial charge is 0.153 e. The lowest BCUT2D eigenvalue weighted by atomic mass is 10.1. The Labute approximate surface area is 100.0 Å². The maximum Gasteiger partial charge on any atom is 0.153 e. The van der Waals surface area contributed by atoms with Gasteiger partial charge >= 0.3 is 0 Å². The summed E-state index contributed by atoms with van der Waals surface area (Å²) in [5.41, 5.74) is 7.08. The molecule has 0 radical (unpaired) electrons. The van der Waals surface area contributed by atoms with E-state index in [4.69, 9.17) is 5.73 Å². The van der Waals surface area contributed by atoms with Gasteiger partial charge in [-0.05, 0) is 29.4 Å². The number of hydrogen-bond acceptors (Lipinski definition) is 5. The molecule has 2 atom stereocenters. The molecule has 2 N–H and O–H groups in total. The summed E-state index contributed by atoms with van der Waals surface area (Å²) in [6.07, 6.45) is 0. The lowest BCUT2D eigenvalue weighted by Gasteiger charge is -2.25. The molecule has 4 nitrogen and oxygen atoms in total. The fraction of sp³-hybridized carbons (Fsp3) is 0.600. The van der Waals surface area contributed by atoms with Crippen LogP contribution in [0.15, 0.2) is 16.8 Å². The van der Waals surface area contributed by atoms with Crippen LogP contribution >= 0.6 is 11.3 Å². The fourth-order valence-electron chi connectivity index (χ4n) is 2.10. The van der Waals surface area contributed by atoms with Crippen LogP contribution in [0.1, 0.15) is 5.56 Å². The summed E-state index contributed by atoms with van der Waals surface area (Å²) in [6, 6.07) is 1.74. The molecule has 1 fully saturated rings. The molecule has 0 aromatic carbocycles. The van der Waals surface area contributed by atoms with Gasteiger partial charge in [0, 0.05) is 18.6 Å². The van der Waals surface area contributed by atoms with Gasteiger partial charge in [-0.3, -0.25) is 4.90 Å². The van der Waals surface area contributed by atoms with Gasteiger partial charge in [0.15, 0.2) is 9.84 Å². The van der Waals surface area contributed by atoms with Crippen LogP contribution < -0.4 is 5.73 Å². The zero-order chi connectivity index (χ0) is 11.8. The number of rotatable bonds is 3. The quantitative estimate of drug-likeness (QED) is 0.849. The third-order valence-corrected chi connectivity index (χ3v) is 5.42. The number of thiophene rings is 1. The summed E-state index contributed by atoms with van der Waals surface area (Å²) in [7, 11) is -0.999. The van der Waals surface area contributed by atoms with Crippen LogP contribution in [-0.2, 0) is 16.4 Å². The van der Waals surface area contributed by atoms with E-state index in [0.29, 0.717) is 0 Å². The zero-order valence-corrected chi connectivity index (χ0v) is 10.8. The Kier molecular flexibility index (Phi) is 3.34. The van der Waals surface area contributed by atoms with Gasteiger partial charge < -0.3 is 5.73 Å². The number of nitrogens with two attached hydrogens (primary N) is 1. The Hall–Kier alpha value is -0.430. The number of nitrogens with zero attached hydrogens (tertiary/aromatic N) is 1. The number of sulfone groups is 1. The van der Waals surface area contributed by atoms with E-state index in [1.165, 1.54) is 5.56 Å². The van der Waals surface area contributed by atoms with Gasteiger partial charge in [0.05, 0.1) is 11.5 Å². The highest BCUT2D eigenvalue weighted by Crippen LogP contribution is 2.18. The van der Waals surface area contributed by atoms with E-state index in [0.717, 1.165) is 6.54 Å². The van der Waals surface area contributed by atoms with Crippen LogP contribution in [0.5, 0.6) is 0 Å². The monoisotopic (exact) mass is 260 g/mol. The summed E-state index contributed by atoms with van der Waals surface area (Å²) >= 11 is 1.65. The third-order valence-electron chi connectivity index (χ3n) is 2.94. The predicted molar refractivity (Wildman–Crippen MR) is 66.2 cm³/mol. The van der Waals surface area contributed by atoms with Crippen molar-refractivity contribution in [3.05, 3.63) is 22.4 Å². The third kappa shape index (κ3) is 2.63. The molecule has 1 aliphatic heterocycles. The summed E-state index contributed by atoms with van der Waals surface area (Å²) < 4.78 is 22.9. The van der Waals surface area contributed by atoms with Crippen LogP contribution in [0.2, 0.25) is 0 Å². The first-order chi connectivity index (χ1) is 7.48. The van der Waals surface area contributed by atoms with Gasteiger partial charge in [0.2, 0.25) is 0 Å². The Morgan fingerprint density at radius 2 is 2.31 bits per heavy atom. The minimum Gasteiger partial charge on any atom is -0.325 e. The Balaban J connectivity index is 2.03. The van der Waals surface area contributed by atoms with E-state index < -0.39 is 9.84 Å².